The van der Waals surface area contributed by atoms with Crippen molar-refractivity contribution in [3.63, 3.8) is 0 Å². The van der Waals surface area contributed by atoms with Crippen molar-refractivity contribution < 1.29 is 14.3 Å². The molecule has 2 aromatic carbocycles. The molecule has 0 bridgehead atoms. The second-order valence-electron chi connectivity index (χ2n) is 6.88. The minimum Gasteiger partial charge on any atom is -0.486 e. The van der Waals surface area contributed by atoms with Crippen molar-refractivity contribution in [3.05, 3.63) is 73.8 Å². The Morgan fingerprint density at radius 2 is 1.80 bits per heavy atom. The summed E-state index contributed by atoms with van der Waals surface area (Å²) in [5.41, 5.74) is 2.61. The number of amides is 1. The Morgan fingerprint density at radius 1 is 1.10 bits per heavy atom. The van der Waals surface area contributed by atoms with Crippen LogP contribution in [-0.2, 0) is 13.1 Å². The number of ether oxygens (including phenoxy) is 2. The molecular formula is C22H22N2O4S2. The molecule has 0 saturated carbocycles. The number of thioether (sulfide) groups is 1. The van der Waals surface area contributed by atoms with Crippen LogP contribution >= 0.6 is 23.1 Å². The van der Waals surface area contributed by atoms with E-state index in [-0.39, 0.29) is 10.8 Å². The van der Waals surface area contributed by atoms with Crippen molar-refractivity contribution in [2.45, 2.75) is 24.9 Å². The lowest BCUT2D eigenvalue weighted by atomic mass is 10.2. The fraction of sp³-hybridized carbons (Fsp3) is 0.273. The topological polar surface area (TPSA) is 69.6 Å². The van der Waals surface area contributed by atoms with E-state index < -0.39 is 0 Å². The van der Waals surface area contributed by atoms with E-state index in [2.05, 4.69) is 5.32 Å². The van der Waals surface area contributed by atoms with Crippen LogP contribution < -0.4 is 19.7 Å². The van der Waals surface area contributed by atoms with Gasteiger partial charge in [0.25, 0.3) is 5.91 Å². The molecule has 0 atom stereocenters. The highest BCUT2D eigenvalue weighted by Gasteiger charge is 2.18. The van der Waals surface area contributed by atoms with Gasteiger partial charge in [-0.15, -0.1) is 11.8 Å². The SMILES string of the molecule is CSc1ccc(Cn2c(C)c(C(=O)NCc3ccc4c(c3)OCCO4)sc2=O)cc1. The first-order valence-electron chi connectivity index (χ1n) is 9.55. The van der Waals surface area contributed by atoms with Gasteiger partial charge >= 0.3 is 4.87 Å². The van der Waals surface area contributed by atoms with Crippen molar-refractivity contribution in [1.82, 2.24) is 9.88 Å². The van der Waals surface area contributed by atoms with E-state index in [9.17, 15) is 9.59 Å². The van der Waals surface area contributed by atoms with E-state index in [1.54, 1.807) is 16.3 Å². The molecule has 2 heterocycles. The van der Waals surface area contributed by atoms with E-state index in [0.717, 1.165) is 22.5 Å². The summed E-state index contributed by atoms with van der Waals surface area (Å²) in [6, 6.07) is 13.7. The molecule has 1 N–H and O–H groups in total. The van der Waals surface area contributed by atoms with Gasteiger partial charge < -0.3 is 14.8 Å². The normalized spacial score (nSPS) is 12.6. The minimum atomic E-state index is -0.249. The molecule has 0 radical (unpaired) electrons. The van der Waals surface area contributed by atoms with E-state index in [0.29, 0.717) is 48.4 Å². The van der Waals surface area contributed by atoms with Crippen LogP contribution in [0, 0.1) is 6.92 Å². The number of hydrogen-bond acceptors (Lipinski definition) is 6. The van der Waals surface area contributed by atoms with Crippen molar-refractivity contribution in [2.24, 2.45) is 0 Å². The lowest BCUT2D eigenvalue weighted by Crippen LogP contribution is -2.23. The third kappa shape index (κ3) is 4.39. The highest BCUT2D eigenvalue weighted by molar-refractivity contribution is 7.98. The van der Waals surface area contributed by atoms with Crippen LogP contribution in [0.25, 0.3) is 0 Å². The van der Waals surface area contributed by atoms with E-state index >= 15 is 0 Å². The number of nitrogens with zero attached hydrogens (tertiary/aromatic N) is 1. The molecular weight excluding hydrogens is 420 g/mol. The van der Waals surface area contributed by atoms with Crippen LogP contribution in [0.3, 0.4) is 0 Å². The molecule has 1 aliphatic rings. The van der Waals surface area contributed by atoms with Crippen LogP contribution in [0.1, 0.15) is 26.5 Å². The number of fused-ring (bicyclic) bond motifs is 1. The summed E-state index contributed by atoms with van der Waals surface area (Å²) < 4.78 is 12.8. The molecule has 0 spiro atoms. The summed E-state index contributed by atoms with van der Waals surface area (Å²) in [6.45, 7) is 3.67. The highest BCUT2D eigenvalue weighted by atomic mass is 32.2. The molecule has 3 aromatic rings. The molecule has 6 nitrogen and oxygen atoms in total. The summed E-state index contributed by atoms with van der Waals surface area (Å²) in [5, 5.41) is 2.90. The predicted molar refractivity (Wildman–Crippen MR) is 119 cm³/mol. The zero-order valence-corrected chi connectivity index (χ0v) is 18.4. The van der Waals surface area contributed by atoms with E-state index in [4.69, 9.17) is 9.47 Å². The number of hydrogen-bond donors (Lipinski definition) is 1. The quantitative estimate of drug-likeness (QED) is 0.590. The van der Waals surface area contributed by atoms with E-state index in [1.165, 1.54) is 4.90 Å². The smallest absolute Gasteiger partial charge is 0.308 e. The number of aromatic nitrogens is 1. The number of benzene rings is 2. The van der Waals surface area contributed by atoms with Crippen LogP contribution in [0.15, 0.2) is 52.2 Å². The second kappa shape index (κ2) is 8.97. The summed E-state index contributed by atoms with van der Waals surface area (Å²) in [7, 11) is 0. The summed E-state index contributed by atoms with van der Waals surface area (Å²) in [6.07, 6.45) is 2.03. The van der Waals surface area contributed by atoms with Gasteiger partial charge in [0.15, 0.2) is 11.5 Å². The lowest BCUT2D eigenvalue weighted by Gasteiger charge is -2.18. The molecule has 156 valence electrons. The molecule has 0 saturated heterocycles. The summed E-state index contributed by atoms with van der Waals surface area (Å²) in [5.74, 6) is 1.15. The monoisotopic (exact) mass is 442 g/mol. The zero-order valence-electron chi connectivity index (χ0n) is 16.8. The number of thiazole rings is 1. The average molecular weight is 443 g/mol. The van der Waals surface area contributed by atoms with Gasteiger partial charge in [-0.25, -0.2) is 0 Å². The highest BCUT2D eigenvalue weighted by Crippen LogP contribution is 2.30. The van der Waals surface area contributed by atoms with Gasteiger partial charge in [0.1, 0.15) is 18.1 Å². The fourth-order valence-electron chi connectivity index (χ4n) is 3.24. The van der Waals surface area contributed by atoms with Crippen LogP contribution in [-0.4, -0.2) is 29.9 Å². The fourth-order valence-corrected chi connectivity index (χ4v) is 4.56. The Morgan fingerprint density at radius 3 is 2.53 bits per heavy atom. The number of rotatable bonds is 6. The first-order valence-corrected chi connectivity index (χ1v) is 11.6. The van der Waals surface area contributed by atoms with Crippen molar-refractivity contribution >= 4 is 29.0 Å². The summed E-state index contributed by atoms with van der Waals surface area (Å²) >= 11 is 2.66. The van der Waals surface area contributed by atoms with Gasteiger partial charge in [-0.05, 0) is 48.6 Å². The lowest BCUT2D eigenvalue weighted by molar-refractivity contribution is 0.0953. The standard InChI is InChI=1S/C22H22N2O4S2/c1-14-20(30-22(26)24(14)13-15-3-6-17(29-2)7-4-15)21(25)23-12-16-5-8-18-19(11-16)28-10-9-27-18/h3-8,11H,9-10,12-13H2,1-2H3,(H,23,25). The number of nitrogens with one attached hydrogen (secondary N) is 1. The van der Waals surface area contributed by atoms with Gasteiger partial charge in [-0.2, -0.15) is 0 Å². The third-order valence-corrected chi connectivity index (χ3v) is 6.73. The first-order chi connectivity index (χ1) is 14.5. The largest absolute Gasteiger partial charge is 0.486 e. The first kappa shape index (κ1) is 20.6. The van der Waals surface area contributed by atoms with Crippen molar-refractivity contribution in [3.8, 4) is 11.5 Å². The second-order valence-corrected chi connectivity index (χ2v) is 8.72. The molecule has 0 unspecified atom stereocenters. The van der Waals surface area contributed by atoms with Crippen LogP contribution in [0.5, 0.6) is 11.5 Å². The summed E-state index contributed by atoms with van der Waals surface area (Å²) in [4.78, 5) is 26.7. The minimum absolute atomic E-state index is 0.133. The maximum absolute atomic E-state index is 12.7. The Hall–Kier alpha value is -2.71. The molecule has 30 heavy (non-hydrogen) atoms. The van der Waals surface area contributed by atoms with Crippen molar-refractivity contribution in [2.75, 3.05) is 19.5 Å². The molecule has 8 heteroatoms. The third-order valence-electron chi connectivity index (χ3n) is 4.91. The van der Waals surface area contributed by atoms with Crippen molar-refractivity contribution in [1.29, 1.82) is 0 Å². The van der Waals surface area contributed by atoms with Gasteiger partial charge in [-0.3, -0.25) is 14.2 Å². The number of carbonyl (C=O) groups excluding carboxylic acids is 1. The Labute approximate surface area is 182 Å². The molecule has 0 fully saturated rings. The van der Waals surface area contributed by atoms with Gasteiger partial charge in [0, 0.05) is 17.1 Å². The molecule has 1 aliphatic heterocycles. The molecule has 4 rings (SSSR count). The maximum atomic E-state index is 12.7. The maximum Gasteiger partial charge on any atom is 0.308 e. The Kier molecular flexibility index (Phi) is 6.15. The Balaban J connectivity index is 1.45. The number of carbonyl (C=O) groups is 1. The van der Waals surface area contributed by atoms with Crippen LogP contribution in [0.2, 0.25) is 0 Å². The van der Waals surface area contributed by atoms with Crippen LogP contribution in [0.4, 0.5) is 0 Å². The average Bonchev–Trinajstić information content (AvgIpc) is 3.06. The molecule has 1 amide bonds. The Bertz CT molecular complexity index is 1120. The zero-order chi connectivity index (χ0) is 21.1. The molecule has 0 aliphatic carbocycles. The van der Waals surface area contributed by atoms with Gasteiger partial charge in [0.05, 0.1) is 6.54 Å². The predicted octanol–water partition coefficient (Wildman–Crippen LogP) is 3.69. The van der Waals surface area contributed by atoms with Gasteiger partial charge in [-0.1, -0.05) is 29.5 Å². The molecule has 1 aromatic heterocycles. The van der Waals surface area contributed by atoms with Gasteiger partial charge in [0.2, 0.25) is 0 Å². The van der Waals surface area contributed by atoms with E-state index in [1.807, 2.05) is 55.6 Å².